The molecule has 0 spiro atoms. The van der Waals surface area contributed by atoms with Crippen molar-refractivity contribution >= 4 is 29.1 Å². The minimum absolute atomic E-state index is 0.0400. The zero-order valence-corrected chi connectivity index (χ0v) is 15.6. The fourth-order valence-electron chi connectivity index (χ4n) is 3.38. The number of amides is 3. The van der Waals surface area contributed by atoms with Crippen LogP contribution in [0.2, 0.25) is 0 Å². The highest BCUT2D eigenvalue weighted by atomic mass is 19.1. The van der Waals surface area contributed by atoms with Gasteiger partial charge in [-0.25, -0.2) is 8.78 Å². The van der Waals surface area contributed by atoms with Gasteiger partial charge in [0.2, 0.25) is 5.91 Å². The number of nitrogens with one attached hydrogen (secondary N) is 2. The average molecular weight is 401 g/mol. The second-order valence-electron chi connectivity index (χ2n) is 7.04. The van der Waals surface area contributed by atoms with Crippen LogP contribution in [0.4, 0.5) is 20.2 Å². The molecule has 2 aromatic rings. The number of benzene rings is 2. The van der Waals surface area contributed by atoms with Crippen LogP contribution in [0.15, 0.2) is 36.4 Å². The molecule has 0 aliphatic heterocycles. The van der Waals surface area contributed by atoms with Crippen LogP contribution in [0, 0.1) is 17.6 Å². The Morgan fingerprint density at radius 1 is 0.931 bits per heavy atom. The zero-order valence-electron chi connectivity index (χ0n) is 15.6. The predicted octanol–water partition coefficient (Wildman–Crippen LogP) is 3.83. The summed E-state index contributed by atoms with van der Waals surface area (Å²) < 4.78 is 27.5. The molecular formula is C21H21F2N3O3. The molecule has 2 aromatic carbocycles. The van der Waals surface area contributed by atoms with Gasteiger partial charge in [-0.05, 0) is 37.1 Å². The first-order chi connectivity index (χ1) is 13.8. The third kappa shape index (κ3) is 4.96. The van der Waals surface area contributed by atoms with Gasteiger partial charge in [-0.3, -0.25) is 14.4 Å². The second kappa shape index (κ2) is 8.81. The number of primary amides is 1. The summed E-state index contributed by atoms with van der Waals surface area (Å²) in [6.07, 6.45) is 4.88. The Kier molecular flexibility index (Phi) is 6.21. The van der Waals surface area contributed by atoms with E-state index in [1.54, 1.807) is 12.1 Å². The maximum absolute atomic E-state index is 14.0. The van der Waals surface area contributed by atoms with E-state index in [0.717, 1.165) is 38.2 Å². The fraction of sp³-hybridized carbons (Fsp3) is 0.286. The molecule has 1 fully saturated rings. The Bertz CT molecular complexity index is 956. The van der Waals surface area contributed by atoms with Gasteiger partial charge in [-0.2, -0.15) is 0 Å². The van der Waals surface area contributed by atoms with Crippen molar-refractivity contribution in [2.75, 3.05) is 10.6 Å². The Hall–Kier alpha value is -3.29. The largest absolute Gasteiger partial charge is 0.366 e. The number of anilines is 2. The number of carbonyl (C=O) groups is 3. The normalized spacial score (nSPS) is 14.3. The summed E-state index contributed by atoms with van der Waals surface area (Å²) in [5, 5.41) is 5.10. The number of hydrogen-bond acceptors (Lipinski definition) is 3. The Labute approximate surface area is 166 Å². The highest BCUT2D eigenvalue weighted by molar-refractivity contribution is 6.06. The number of rotatable bonds is 5. The summed E-state index contributed by atoms with van der Waals surface area (Å²) in [4.78, 5) is 36.1. The minimum atomic E-state index is -1.11. The van der Waals surface area contributed by atoms with E-state index in [1.807, 2.05) is 0 Å². The highest BCUT2D eigenvalue weighted by Gasteiger charge is 2.21. The van der Waals surface area contributed by atoms with E-state index >= 15 is 0 Å². The molecule has 1 saturated carbocycles. The molecule has 0 aromatic heterocycles. The van der Waals surface area contributed by atoms with Crippen LogP contribution >= 0.6 is 0 Å². The number of nitrogens with two attached hydrogens (primary N) is 1. The quantitative estimate of drug-likeness (QED) is 0.710. The van der Waals surface area contributed by atoms with Gasteiger partial charge in [0, 0.05) is 23.2 Å². The van der Waals surface area contributed by atoms with Crippen LogP contribution in [0.25, 0.3) is 0 Å². The van der Waals surface area contributed by atoms with Crippen molar-refractivity contribution in [3.05, 3.63) is 59.2 Å². The van der Waals surface area contributed by atoms with Gasteiger partial charge in [0.15, 0.2) is 0 Å². The summed E-state index contributed by atoms with van der Waals surface area (Å²) in [5.74, 6) is -4.03. The topological polar surface area (TPSA) is 101 Å². The lowest BCUT2D eigenvalue weighted by Crippen LogP contribution is -2.25. The third-order valence-electron chi connectivity index (χ3n) is 4.94. The molecule has 0 unspecified atom stereocenters. The summed E-state index contributed by atoms with van der Waals surface area (Å²) in [6, 6.07) is 7.52. The molecule has 0 saturated heterocycles. The van der Waals surface area contributed by atoms with E-state index in [0.29, 0.717) is 11.8 Å². The zero-order chi connectivity index (χ0) is 21.0. The molecule has 1 aliphatic rings. The van der Waals surface area contributed by atoms with Gasteiger partial charge < -0.3 is 16.4 Å². The first-order valence-electron chi connectivity index (χ1n) is 9.36. The molecule has 4 N–H and O–H groups in total. The maximum atomic E-state index is 14.0. The average Bonchev–Trinajstić information content (AvgIpc) is 2.70. The van der Waals surface area contributed by atoms with Crippen molar-refractivity contribution in [2.24, 2.45) is 11.7 Å². The van der Waals surface area contributed by atoms with Crippen LogP contribution < -0.4 is 16.4 Å². The first kappa shape index (κ1) is 20.4. The maximum Gasteiger partial charge on any atom is 0.255 e. The fourth-order valence-corrected chi connectivity index (χ4v) is 3.38. The van der Waals surface area contributed by atoms with Gasteiger partial charge in [0.05, 0.1) is 11.3 Å². The monoisotopic (exact) mass is 401 g/mol. The van der Waals surface area contributed by atoms with E-state index in [1.165, 1.54) is 12.1 Å². The standard InChI is InChI=1S/C21H21F2N3O3/c22-16-11-17(23)18(10-15(16)19(24)27)26-21(29)13-7-4-8-14(9-13)25-20(28)12-5-2-1-3-6-12/h4,7-12H,1-3,5-6H2,(H2,24,27)(H,25,28)(H,26,29). The van der Waals surface area contributed by atoms with Crippen molar-refractivity contribution in [3.8, 4) is 0 Å². The van der Waals surface area contributed by atoms with Crippen LogP contribution in [0.1, 0.15) is 52.8 Å². The predicted molar refractivity (Wildman–Crippen MR) is 104 cm³/mol. The van der Waals surface area contributed by atoms with E-state index in [4.69, 9.17) is 5.73 Å². The van der Waals surface area contributed by atoms with E-state index in [9.17, 15) is 23.2 Å². The smallest absolute Gasteiger partial charge is 0.255 e. The Balaban J connectivity index is 1.73. The van der Waals surface area contributed by atoms with Crippen LogP contribution in [0.3, 0.4) is 0 Å². The van der Waals surface area contributed by atoms with Crippen molar-refractivity contribution in [1.82, 2.24) is 0 Å². The summed E-state index contributed by atoms with van der Waals surface area (Å²) in [5.41, 5.74) is 4.76. The summed E-state index contributed by atoms with van der Waals surface area (Å²) >= 11 is 0. The van der Waals surface area contributed by atoms with Crippen LogP contribution in [-0.2, 0) is 4.79 Å². The number of hydrogen-bond donors (Lipinski definition) is 3. The number of halogens is 2. The lowest BCUT2D eigenvalue weighted by Gasteiger charge is -2.20. The molecule has 0 heterocycles. The molecule has 3 rings (SSSR count). The van der Waals surface area contributed by atoms with Crippen LogP contribution in [0.5, 0.6) is 0 Å². The molecule has 0 radical (unpaired) electrons. The molecule has 0 atom stereocenters. The first-order valence-corrected chi connectivity index (χ1v) is 9.36. The Morgan fingerprint density at radius 2 is 1.66 bits per heavy atom. The summed E-state index contributed by atoms with van der Waals surface area (Å²) in [6.45, 7) is 0. The molecule has 6 nitrogen and oxygen atoms in total. The molecule has 29 heavy (non-hydrogen) atoms. The molecule has 3 amide bonds. The SMILES string of the molecule is NC(=O)c1cc(NC(=O)c2cccc(NC(=O)C3CCCCC3)c2)c(F)cc1F. The molecular weight excluding hydrogens is 380 g/mol. The van der Waals surface area contributed by atoms with Crippen molar-refractivity contribution in [1.29, 1.82) is 0 Å². The van der Waals surface area contributed by atoms with Gasteiger partial charge in [-0.1, -0.05) is 25.3 Å². The Morgan fingerprint density at radius 3 is 2.34 bits per heavy atom. The third-order valence-corrected chi connectivity index (χ3v) is 4.94. The molecule has 0 bridgehead atoms. The lowest BCUT2D eigenvalue weighted by molar-refractivity contribution is -0.120. The molecule has 1 aliphatic carbocycles. The minimum Gasteiger partial charge on any atom is -0.366 e. The van der Waals surface area contributed by atoms with Crippen molar-refractivity contribution in [2.45, 2.75) is 32.1 Å². The molecule has 8 heteroatoms. The van der Waals surface area contributed by atoms with Gasteiger partial charge in [-0.15, -0.1) is 0 Å². The van der Waals surface area contributed by atoms with E-state index < -0.39 is 29.0 Å². The second-order valence-corrected chi connectivity index (χ2v) is 7.04. The summed E-state index contributed by atoms with van der Waals surface area (Å²) in [7, 11) is 0. The van der Waals surface area contributed by atoms with E-state index in [2.05, 4.69) is 10.6 Å². The lowest BCUT2D eigenvalue weighted by atomic mass is 9.88. The van der Waals surface area contributed by atoms with Crippen LogP contribution in [-0.4, -0.2) is 17.7 Å². The van der Waals surface area contributed by atoms with Gasteiger partial charge in [0.1, 0.15) is 11.6 Å². The van der Waals surface area contributed by atoms with Crippen molar-refractivity contribution < 1.29 is 23.2 Å². The number of carbonyl (C=O) groups excluding carboxylic acids is 3. The molecule has 152 valence electrons. The highest BCUT2D eigenvalue weighted by Crippen LogP contribution is 2.25. The van der Waals surface area contributed by atoms with E-state index in [-0.39, 0.29) is 23.1 Å². The van der Waals surface area contributed by atoms with Gasteiger partial charge >= 0.3 is 0 Å². The van der Waals surface area contributed by atoms with Crippen molar-refractivity contribution in [3.63, 3.8) is 0 Å². The van der Waals surface area contributed by atoms with Gasteiger partial charge in [0.25, 0.3) is 11.8 Å².